The molecule has 52 heavy (non-hydrogen) atoms. The molecular weight excluding hydrogens is 637 g/mol. The van der Waals surface area contributed by atoms with Gasteiger partial charge in [0.05, 0.1) is 27.8 Å². The first kappa shape index (κ1) is 27.7. The molecule has 242 valence electrons. The van der Waals surface area contributed by atoms with E-state index >= 15 is 0 Å². The summed E-state index contributed by atoms with van der Waals surface area (Å²) in [5.74, 6) is 0. The van der Waals surface area contributed by atoms with E-state index in [-0.39, 0.29) is 0 Å². The predicted octanol–water partition coefficient (Wildman–Crippen LogP) is 13.3. The van der Waals surface area contributed by atoms with Crippen molar-refractivity contribution in [3.05, 3.63) is 170 Å². The van der Waals surface area contributed by atoms with E-state index in [0.29, 0.717) is 0 Å². The zero-order valence-electron chi connectivity index (χ0n) is 27.9. The SMILES string of the molecule is c1ccc2c(c1)oc1cc(-c3ccc4c(c3)c3ccccc3n4-c3cccc4c3oc3ccc(-n5c6ccccc6c6ccccc65)cc34)ccc12. The minimum absolute atomic E-state index is 0.871. The lowest BCUT2D eigenvalue weighted by Gasteiger charge is -2.09. The van der Waals surface area contributed by atoms with Crippen molar-refractivity contribution in [1.82, 2.24) is 9.13 Å². The van der Waals surface area contributed by atoms with Crippen LogP contribution >= 0.6 is 0 Å². The lowest BCUT2D eigenvalue weighted by Crippen LogP contribution is -1.94. The van der Waals surface area contributed by atoms with E-state index in [1.54, 1.807) is 0 Å². The van der Waals surface area contributed by atoms with Crippen molar-refractivity contribution in [2.75, 3.05) is 0 Å². The van der Waals surface area contributed by atoms with Crippen molar-refractivity contribution in [2.24, 2.45) is 0 Å². The summed E-state index contributed by atoms with van der Waals surface area (Å²) in [6.45, 7) is 0. The zero-order chi connectivity index (χ0) is 33.9. The molecule has 0 amide bonds. The molecule has 12 rings (SSSR count). The third-order valence-corrected chi connectivity index (χ3v) is 10.9. The Kier molecular flexibility index (Phi) is 5.47. The molecule has 8 aromatic carbocycles. The Hall–Kier alpha value is -7.04. The number of aromatic nitrogens is 2. The molecule has 0 atom stereocenters. The molecule has 0 aliphatic heterocycles. The molecule has 0 radical (unpaired) electrons. The van der Waals surface area contributed by atoms with Crippen molar-refractivity contribution in [1.29, 1.82) is 0 Å². The van der Waals surface area contributed by atoms with Gasteiger partial charge in [-0.2, -0.15) is 0 Å². The molecule has 4 heterocycles. The molecule has 0 spiro atoms. The van der Waals surface area contributed by atoms with Gasteiger partial charge < -0.3 is 18.0 Å². The number of hydrogen-bond acceptors (Lipinski definition) is 2. The quantitative estimate of drug-likeness (QED) is 0.188. The summed E-state index contributed by atoms with van der Waals surface area (Å²) >= 11 is 0. The number of furan rings is 2. The van der Waals surface area contributed by atoms with E-state index in [1.807, 2.05) is 12.1 Å². The Balaban J connectivity index is 1.05. The van der Waals surface area contributed by atoms with E-state index in [0.717, 1.165) is 77.4 Å². The van der Waals surface area contributed by atoms with Crippen LogP contribution in [0.3, 0.4) is 0 Å². The first-order valence-corrected chi connectivity index (χ1v) is 17.7. The number of rotatable bonds is 3. The molecule has 0 fully saturated rings. The second kappa shape index (κ2) is 10.3. The van der Waals surface area contributed by atoms with Crippen LogP contribution in [0.1, 0.15) is 0 Å². The lowest BCUT2D eigenvalue weighted by atomic mass is 10.0. The van der Waals surface area contributed by atoms with Crippen LogP contribution in [0, 0.1) is 0 Å². The fourth-order valence-corrected chi connectivity index (χ4v) is 8.60. The van der Waals surface area contributed by atoms with Crippen LogP contribution in [0.4, 0.5) is 0 Å². The van der Waals surface area contributed by atoms with Crippen LogP contribution < -0.4 is 0 Å². The van der Waals surface area contributed by atoms with Gasteiger partial charge in [-0.25, -0.2) is 0 Å². The molecule has 12 aromatic rings. The van der Waals surface area contributed by atoms with Gasteiger partial charge in [-0.1, -0.05) is 97.1 Å². The minimum Gasteiger partial charge on any atom is -0.456 e. The standard InChI is InChI=1S/C48H28N2O2/c1-5-15-40-32(10-1)33-11-2-6-16-41(33)49(40)31-22-25-46-39(28-31)37-14-9-18-44(48(37)52-46)50-42-17-7-3-12-34(42)38-26-29(21-24-43(38)50)30-20-23-36-35-13-4-8-19-45(35)51-47(36)27-30/h1-28H. The van der Waals surface area contributed by atoms with Crippen LogP contribution in [-0.4, -0.2) is 9.13 Å². The summed E-state index contributed by atoms with van der Waals surface area (Å²) < 4.78 is 17.7. The second-order valence-electron chi connectivity index (χ2n) is 13.7. The predicted molar refractivity (Wildman–Crippen MR) is 215 cm³/mol. The first-order chi connectivity index (χ1) is 25.8. The third-order valence-electron chi connectivity index (χ3n) is 10.9. The van der Waals surface area contributed by atoms with Crippen molar-refractivity contribution >= 4 is 87.5 Å². The number of nitrogens with zero attached hydrogens (tertiary/aromatic N) is 2. The van der Waals surface area contributed by atoms with Crippen LogP contribution in [0.15, 0.2) is 179 Å². The summed E-state index contributed by atoms with van der Waals surface area (Å²) in [4.78, 5) is 0. The summed E-state index contributed by atoms with van der Waals surface area (Å²) in [5.41, 5.74) is 12.6. The molecule has 0 aliphatic carbocycles. The van der Waals surface area contributed by atoms with Gasteiger partial charge in [0.15, 0.2) is 5.58 Å². The summed E-state index contributed by atoms with van der Waals surface area (Å²) in [7, 11) is 0. The van der Waals surface area contributed by atoms with Gasteiger partial charge in [0, 0.05) is 48.8 Å². The van der Waals surface area contributed by atoms with Gasteiger partial charge in [0.25, 0.3) is 0 Å². The zero-order valence-corrected chi connectivity index (χ0v) is 27.9. The highest BCUT2D eigenvalue weighted by Gasteiger charge is 2.20. The maximum absolute atomic E-state index is 6.77. The number of hydrogen-bond donors (Lipinski definition) is 0. The molecule has 4 aromatic heterocycles. The summed E-state index contributed by atoms with van der Waals surface area (Å²) in [5, 5.41) is 9.37. The molecule has 0 saturated carbocycles. The molecule has 4 heteroatoms. The Morgan fingerprint density at radius 2 is 0.885 bits per heavy atom. The highest BCUT2D eigenvalue weighted by molar-refractivity contribution is 6.15. The van der Waals surface area contributed by atoms with Crippen molar-refractivity contribution in [3.8, 4) is 22.5 Å². The van der Waals surface area contributed by atoms with E-state index in [2.05, 4.69) is 167 Å². The molecule has 4 nitrogen and oxygen atoms in total. The first-order valence-electron chi connectivity index (χ1n) is 17.7. The second-order valence-corrected chi connectivity index (χ2v) is 13.7. The Morgan fingerprint density at radius 1 is 0.308 bits per heavy atom. The van der Waals surface area contributed by atoms with Crippen LogP contribution in [0.25, 0.3) is 110 Å². The molecule has 0 saturated heterocycles. The number of fused-ring (bicyclic) bond motifs is 12. The molecule has 0 aliphatic rings. The average Bonchev–Trinajstić information content (AvgIpc) is 3.95. The van der Waals surface area contributed by atoms with Gasteiger partial charge in [-0.15, -0.1) is 0 Å². The van der Waals surface area contributed by atoms with Crippen LogP contribution in [-0.2, 0) is 0 Å². The van der Waals surface area contributed by atoms with E-state index in [4.69, 9.17) is 8.83 Å². The van der Waals surface area contributed by atoms with E-state index < -0.39 is 0 Å². The molecule has 0 unspecified atom stereocenters. The van der Waals surface area contributed by atoms with Gasteiger partial charge >= 0.3 is 0 Å². The maximum atomic E-state index is 6.77. The summed E-state index contributed by atoms with van der Waals surface area (Å²) in [6, 6.07) is 60.6. The monoisotopic (exact) mass is 664 g/mol. The fourth-order valence-electron chi connectivity index (χ4n) is 8.60. The van der Waals surface area contributed by atoms with Gasteiger partial charge in [-0.05, 0) is 83.9 Å². The van der Waals surface area contributed by atoms with Crippen molar-refractivity contribution in [2.45, 2.75) is 0 Å². The number of para-hydroxylation sites is 5. The van der Waals surface area contributed by atoms with E-state index in [9.17, 15) is 0 Å². The molecule has 0 bridgehead atoms. The van der Waals surface area contributed by atoms with Gasteiger partial charge in [-0.3, -0.25) is 0 Å². The van der Waals surface area contributed by atoms with Crippen molar-refractivity contribution in [3.63, 3.8) is 0 Å². The topological polar surface area (TPSA) is 36.1 Å². The normalized spacial score (nSPS) is 12.2. The van der Waals surface area contributed by atoms with E-state index in [1.165, 1.54) is 32.6 Å². The van der Waals surface area contributed by atoms with Gasteiger partial charge in [0.1, 0.15) is 16.7 Å². The Labute approximate surface area is 296 Å². The largest absolute Gasteiger partial charge is 0.456 e. The Morgan fingerprint density at radius 3 is 1.67 bits per heavy atom. The third kappa shape index (κ3) is 3.75. The average molecular weight is 665 g/mol. The van der Waals surface area contributed by atoms with Crippen molar-refractivity contribution < 1.29 is 8.83 Å². The maximum Gasteiger partial charge on any atom is 0.159 e. The number of benzene rings is 8. The Bertz CT molecular complexity index is 3370. The molecular formula is C48H28N2O2. The summed E-state index contributed by atoms with van der Waals surface area (Å²) in [6.07, 6.45) is 0. The smallest absolute Gasteiger partial charge is 0.159 e. The molecule has 0 N–H and O–H groups in total. The highest BCUT2D eigenvalue weighted by Crippen LogP contribution is 2.41. The minimum atomic E-state index is 0.871. The highest BCUT2D eigenvalue weighted by atomic mass is 16.3. The fraction of sp³-hybridized carbons (Fsp3) is 0. The van der Waals surface area contributed by atoms with Crippen LogP contribution in [0.2, 0.25) is 0 Å². The van der Waals surface area contributed by atoms with Crippen LogP contribution in [0.5, 0.6) is 0 Å². The lowest BCUT2D eigenvalue weighted by molar-refractivity contribution is 0.666. The van der Waals surface area contributed by atoms with Gasteiger partial charge in [0.2, 0.25) is 0 Å².